The van der Waals surface area contributed by atoms with Gasteiger partial charge in [0.05, 0.1) is 11.9 Å². The third-order valence-corrected chi connectivity index (χ3v) is 6.14. The third kappa shape index (κ3) is 4.82. The van der Waals surface area contributed by atoms with E-state index in [1.807, 2.05) is 47.8 Å². The third-order valence-electron chi connectivity index (χ3n) is 4.44. The van der Waals surface area contributed by atoms with Gasteiger partial charge in [0.15, 0.2) is 0 Å². The molecule has 27 heavy (non-hydrogen) atoms. The molecule has 1 atom stereocenters. The molecule has 3 rings (SSSR count). The smallest absolute Gasteiger partial charge is 0.147 e. The molecule has 0 saturated heterocycles. The van der Waals surface area contributed by atoms with Gasteiger partial charge in [-0.25, -0.2) is 14.6 Å². The SMILES string of the molecule is CCO[C@H](C)n1cc(-c2ncnc3c2ccn3COCC[Si](C)(C)C)cn1. The molecule has 0 unspecified atom stereocenters. The summed E-state index contributed by atoms with van der Waals surface area (Å²) in [6, 6.07) is 3.19. The van der Waals surface area contributed by atoms with Crippen LogP contribution in [0, 0.1) is 0 Å². The number of nitrogens with zero attached hydrogens (tertiary/aromatic N) is 5. The van der Waals surface area contributed by atoms with Crippen molar-refractivity contribution >= 4 is 19.1 Å². The van der Waals surface area contributed by atoms with E-state index >= 15 is 0 Å². The number of rotatable bonds is 9. The first-order valence-electron chi connectivity index (χ1n) is 9.43. The minimum Gasteiger partial charge on any atom is -0.361 e. The summed E-state index contributed by atoms with van der Waals surface area (Å²) < 4.78 is 15.3. The van der Waals surface area contributed by atoms with E-state index in [4.69, 9.17) is 9.47 Å². The van der Waals surface area contributed by atoms with Gasteiger partial charge in [0, 0.05) is 44.6 Å². The molecule has 0 fully saturated rings. The van der Waals surface area contributed by atoms with E-state index in [0.29, 0.717) is 13.3 Å². The largest absolute Gasteiger partial charge is 0.361 e. The molecular weight excluding hydrogens is 358 g/mol. The Morgan fingerprint density at radius 2 is 2.04 bits per heavy atom. The summed E-state index contributed by atoms with van der Waals surface area (Å²) in [5, 5.41) is 5.41. The molecule has 0 aliphatic rings. The van der Waals surface area contributed by atoms with Crippen molar-refractivity contribution in [1.29, 1.82) is 0 Å². The van der Waals surface area contributed by atoms with Crippen molar-refractivity contribution in [2.75, 3.05) is 13.2 Å². The van der Waals surface area contributed by atoms with Crippen molar-refractivity contribution < 1.29 is 9.47 Å². The van der Waals surface area contributed by atoms with Crippen LogP contribution in [0.15, 0.2) is 31.0 Å². The van der Waals surface area contributed by atoms with Gasteiger partial charge in [-0.05, 0) is 26.0 Å². The zero-order chi connectivity index (χ0) is 19.4. The first-order valence-corrected chi connectivity index (χ1v) is 13.1. The summed E-state index contributed by atoms with van der Waals surface area (Å²) in [4.78, 5) is 8.94. The molecule has 0 aromatic carbocycles. The maximum absolute atomic E-state index is 5.87. The fraction of sp³-hybridized carbons (Fsp3) is 0.526. The Labute approximate surface area is 161 Å². The zero-order valence-corrected chi connectivity index (χ0v) is 17.8. The lowest BCUT2D eigenvalue weighted by molar-refractivity contribution is 0.0160. The van der Waals surface area contributed by atoms with Crippen LogP contribution in [-0.2, 0) is 16.2 Å². The molecule has 7 nitrogen and oxygen atoms in total. The van der Waals surface area contributed by atoms with Gasteiger partial charge in [-0.1, -0.05) is 19.6 Å². The lowest BCUT2D eigenvalue weighted by Gasteiger charge is -2.15. The van der Waals surface area contributed by atoms with E-state index in [1.165, 1.54) is 0 Å². The van der Waals surface area contributed by atoms with Crippen LogP contribution in [0.5, 0.6) is 0 Å². The number of aromatic nitrogens is 5. The lowest BCUT2D eigenvalue weighted by atomic mass is 10.2. The van der Waals surface area contributed by atoms with Crippen molar-refractivity contribution in [2.45, 2.75) is 52.5 Å². The van der Waals surface area contributed by atoms with Crippen molar-refractivity contribution in [2.24, 2.45) is 0 Å². The Morgan fingerprint density at radius 1 is 1.22 bits per heavy atom. The lowest BCUT2D eigenvalue weighted by Crippen LogP contribution is -2.22. The van der Waals surface area contributed by atoms with Crippen LogP contribution < -0.4 is 0 Å². The quantitative estimate of drug-likeness (QED) is 0.407. The molecule has 0 amide bonds. The molecule has 8 heteroatoms. The van der Waals surface area contributed by atoms with Crippen molar-refractivity contribution in [3.63, 3.8) is 0 Å². The second-order valence-electron chi connectivity index (χ2n) is 7.86. The Bertz CT molecular complexity index is 884. The number of fused-ring (bicyclic) bond motifs is 1. The fourth-order valence-electron chi connectivity index (χ4n) is 2.86. The zero-order valence-electron chi connectivity index (χ0n) is 16.8. The molecule has 0 spiro atoms. The minimum atomic E-state index is -1.08. The summed E-state index contributed by atoms with van der Waals surface area (Å²) in [5.41, 5.74) is 2.70. The van der Waals surface area contributed by atoms with Gasteiger partial charge in [-0.15, -0.1) is 0 Å². The second-order valence-corrected chi connectivity index (χ2v) is 13.5. The van der Waals surface area contributed by atoms with Crippen molar-refractivity contribution in [1.82, 2.24) is 24.3 Å². The van der Waals surface area contributed by atoms with Crippen LogP contribution in [0.4, 0.5) is 0 Å². The average Bonchev–Trinajstić information content (AvgIpc) is 3.25. The van der Waals surface area contributed by atoms with Gasteiger partial charge in [-0.3, -0.25) is 0 Å². The summed E-state index contributed by atoms with van der Waals surface area (Å²) in [6.45, 7) is 13.0. The summed E-state index contributed by atoms with van der Waals surface area (Å²) in [6.07, 6.45) is 7.28. The fourth-order valence-corrected chi connectivity index (χ4v) is 3.61. The monoisotopic (exact) mass is 387 g/mol. The van der Waals surface area contributed by atoms with E-state index in [9.17, 15) is 0 Å². The summed E-state index contributed by atoms with van der Waals surface area (Å²) >= 11 is 0. The normalized spacial score (nSPS) is 13.4. The first-order chi connectivity index (χ1) is 12.9. The highest BCUT2D eigenvalue weighted by atomic mass is 28.3. The maximum atomic E-state index is 5.87. The highest BCUT2D eigenvalue weighted by molar-refractivity contribution is 6.76. The van der Waals surface area contributed by atoms with Crippen LogP contribution >= 0.6 is 0 Å². The van der Waals surface area contributed by atoms with Gasteiger partial charge < -0.3 is 14.0 Å². The van der Waals surface area contributed by atoms with Gasteiger partial charge in [0.25, 0.3) is 0 Å². The van der Waals surface area contributed by atoms with E-state index in [-0.39, 0.29) is 6.23 Å². The Morgan fingerprint density at radius 3 is 2.78 bits per heavy atom. The maximum Gasteiger partial charge on any atom is 0.147 e. The molecule has 3 heterocycles. The molecule has 0 N–H and O–H groups in total. The average molecular weight is 388 g/mol. The molecule has 0 saturated carbocycles. The molecule has 0 aliphatic carbocycles. The Balaban J connectivity index is 1.77. The van der Waals surface area contributed by atoms with E-state index in [2.05, 4.69) is 34.7 Å². The topological polar surface area (TPSA) is 67.0 Å². The van der Waals surface area contributed by atoms with Crippen LogP contribution in [0.25, 0.3) is 22.3 Å². The van der Waals surface area contributed by atoms with Gasteiger partial charge in [0.1, 0.15) is 24.9 Å². The van der Waals surface area contributed by atoms with Crippen LogP contribution in [0.2, 0.25) is 25.7 Å². The highest BCUT2D eigenvalue weighted by Gasteiger charge is 2.15. The van der Waals surface area contributed by atoms with Crippen LogP contribution in [-0.4, -0.2) is 45.6 Å². The first kappa shape index (κ1) is 19.7. The predicted molar refractivity (Wildman–Crippen MR) is 109 cm³/mol. The molecular formula is C19H29N5O2Si. The number of hydrogen-bond donors (Lipinski definition) is 0. The number of ether oxygens (including phenoxy) is 2. The van der Waals surface area contributed by atoms with Gasteiger partial charge in [0.2, 0.25) is 0 Å². The van der Waals surface area contributed by atoms with E-state index in [0.717, 1.165) is 34.9 Å². The van der Waals surface area contributed by atoms with Gasteiger partial charge in [-0.2, -0.15) is 5.10 Å². The molecule has 3 aromatic heterocycles. The predicted octanol–water partition coefficient (Wildman–Crippen LogP) is 4.16. The van der Waals surface area contributed by atoms with Gasteiger partial charge >= 0.3 is 0 Å². The second kappa shape index (κ2) is 8.33. The van der Waals surface area contributed by atoms with Crippen LogP contribution in [0.1, 0.15) is 20.1 Å². The molecule has 146 valence electrons. The highest BCUT2D eigenvalue weighted by Crippen LogP contribution is 2.26. The van der Waals surface area contributed by atoms with Crippen molar-refractivity contribution in [3.05, 3.63) is 31.0 Å². The summed E-state index contributed by atoms with van der Waals surface area (Å²) in [7, 11) is -1.08. The molecule has 0 aliphatic heterocycles. The van der Waals surface area contributed by atoms with E-state index < -0.39 is 8.07 Å². The molecule has 3 aromatic rings. The van der Waals surface area contributed by atoms with Crippen molar-refractivity contribution in [3.8, 4) is 11.3 Å². The summed E-state index contributed by atoms with van der Waals surface area (Å²) in [5.74, 6) is 0. The Kier molecular flexibility index (Phi) is 6.08. The van der Waals surface area contributed by atoms with Crippen LogP contribution in [0.3, 0.4) is 0 Å². The molecule has 0 radical (unpaired) electrons. The standard InChI is InChI=1S/C19H29N5O2Si/c1-6-26-15(2)24-12-16(11-22-24)18-17-7-8-23(19(17)21-13-20-18)14-25-9-10-27(3,4)5/h7-8,11-13,15H,6,9-10,14H2,1-5H3/t15-/m1/s1. The Hall–Kier alpha value is -2.03. The van der Waals surface area contributed by atoms with E-state index in [1.54, 1.807) is 6.33 Å². The minimum absolute atomic E-state index is 0.106. The number of hydrogen-bond acceptors (Lipinski definition) is 5. The molecule has 0 bridgehead atoms.